The fraction of sp³-hybridized carbons (Fsp3) is 0.500. The zero-order valence-electron chi connectivity index (χ0n) is 11.7. The van der Waals surface area contributed by atoms with Crippen LogP contribution in [0.3, 0.4) is 0 Å². The van der Waals surface area contributed by atoms with Crippen LogP contribution in [0.5, 0.6) is 0 Å². The lowest BCUT2D eigenvalue weighted by molar-refractivity contribution is -0.387. The Hall–Kier alpha value is -1.58. The number of rotatable bonds is 7. The number of nitrogens with zero attached hydrogens (tertiary/aromatic N) is 1. The van der Waals surface area contributed by atoms with Gasteiger partial charge in [0.15, 0.2) is 0 Å². The van der Waals surface area contributed by atoms with Crippen LogP contribution >= 0.6 is 0 Å². The molecule has 1 unspecified atom stereocenters. The summed E-state index contributed by atoms with van der Waals surface area (Å²) in [5.74, 6) is -1.23. The minimum atomic E-state index is -4.05. The Balaban J connectivity index is 2.94. The van der Waals surface area contributed by atoms with E-state index in [0.29, 0.717) is 18.9 Å². The first kappa shape index (κ1) is 17.5. The maximum Gasteiger partial charge on any atom is 0.304 e. The molecule has 7 nitrogen and oxygen atoms in total. The summed E-state index contributed by atoms with van der Waals surface area (Å²) in [6, 6.07) is 2.31. The summed E-state index contributed by atoms with van der Waals surface area (Å²) >= 11 is 0. The zero-order valence-corrected chi connectivity index (χ0v) is 12.5. The molecule has 0 aliphatic carbocycles. The number of halogens is 1. The minimum absolute atomic E-state index is 0.234. The molecule has 0 aliphatic rings. The highest BCUT2D eigenvalue weighted by atomic mass is 32.2. The van der Waals surface area contributed by atoms with Crippen molar-refractivity contribution in [1.82, 2.24) is 4.72 Å². The van der Waals surface area contributed by atoms with Gasteiger partial charge in [0.05, 0.1) is 15.4 Å². The van der Waals surface area contributed by atoms with E-state index in [-0.39, 0.29) is 6.54 Å². The predicted octanol–water partition coefficient (Wildman–Crippen LogP) is 1.56. The molecule has 21 heavy (non-hydrogen) atoms. The van der Waals surface area contributed by atoms with Crippen LogP contribution in [0.25, 0.3) is 0 Å². The highest BCUT2D eigenvalue weighted by molar-refractivity contribution is 7.89. The third-order valence-corrected chi connectivity index (χ3v) is 4.26. The fourth-order valence-corrected chi connectivity index (χ4v) is 2.94. The molecule has 0 aliphatic heterocycles. The molecular formula is C12H17FN2O5S. The van der Waals surface area contributed by atoms with E-state index in [1.807, 2.05) is 6.92 Å². The van der Waals surface area contributed by atoms with E-state index in [9.17, 15) is 28.0 Å². The van der Waals surface area contributed by atoms with E-state index in [2.05, 4.69) is 4.72 Å². The molecule has 0 aromatic heterocycles. The van der Waals surface area contributed by atoms with E-state index < -0.39 is 36.9 Å². The van der Waals surface area contributed by atoms with Crippen LogP contribution < -0.4 is 4.72 Å². The maximum atomic E-state index is 13.4. The molecule has 1 rings (SSSR count). The molecule has 0 saturated heterocycles. The van der Waals surface area contributed by atoms with Gasteiger partial charge in [0.1, 0.15) is 0 Å². The van der Waals surface area contributed by atoms with E-state index >= 15 is 0 Å². The molecule has 0 radical (unpaired) electrons. The summed E-state index contributed by atoms with van der Waals surface area (Å²) in [6.45, 7) is 3.09. The number of hydrogen-bond acceptors (Lipinski definition) is 5. The van der Waals surface area contributed by atoms with E-state index in [0.717, 1.165) is 12.1 Å². The van der Waals surface area contributed by atoms with Crippen molar-refractivity contribution in [2.24, 2.45) is 0 Å². The molecule has 1 aromatic rings. The Morgan fingerprint density at radius 3 is 2.57 bits per heavy atom. The first-order chi connectivity index (χ1) is 9.59. The lowest BCUT2D eigenvalue weighted by Gasteiger charge is -2.22. The second kappa shape index (κ2) is 6.46. The highest BCUT2D eigenvalue weighted by Gasteiger charge is 2.25. The Kier molecular flexibility index (Phi) is 5.37. The average Bonchev–Trinajstić information content (AvgIpc) is 2.36. The summed E-state index contributed by atoms with van der Waals surface area (Å²) in [5.41, 5.74) is -2.02. The normalized spacial score (nSPS) is 14.7. The van der Waals surface area contributed by atoms with Gasteiger partial charge in [-0.1, -0.05) is 13.3 Å². The largest absolute Gasteiger partial charge is 0.389 e. The molecule has 2 N–H and O–H groups in total. The Bertz CT molecular complexity index is 631. The van der Waals surface area contributed by atoms with Gasteiger partial charge in [-0.15, -0.1) is 0 Å². The molecular weight excluding hydrogens is 303 g/mol. The standard InChI is InChI=1S/C12H17FN2O5S/c1-3-6-12(2,16)8-14-21(19,20)9-4-5-11(15(17)18)10(13)7-9/h4-5,7,14,16H,3,6,8H2,1-2H3. The van der Waals surface area contributed by atoms with Crippen molar-refractivity contribution < 1.29 is 22.8 Å². The summed E-state index contributed by atoms with van der Waals surface area (Å²) in [7, 11) is -4.05. The third kappa shape index (κ3) is 4.73. The second-order valence-electron chi connectivity index (χ2n) is 4.94. The number of nitro benzene ring substituents is 1. The predicted molar refractivity (Wildman–Crippen MR) is 73.8 cm³/mol. The third-order valence-electron chi connectivity index (χ3n) is 2.86. The number of hydrogen-bond donors (Lipinski definition) is 2. The summed E-state index contributed by atoms with van der Waals surface area (Å²) in [5, 5.41) is 20.4. The van der Waals surface area contributed by atoms with E-state index in [1.54, 1.807) is 0 Å². The molecule has 0 fully saturated rings. The van der Waals surface area contributed by atoms with Gasteiger partial charge < -0.3 is 5.11 Å². The van der Waals surface area contributed by atoms with Crippen molar-refractivity contribution in [2.45, 2.75) is 37.2 Å². The first-order valence-electron chi connectivity index (χ1n) is 6.25. The zero-order chi connectivity index (χ0) is 16.3. The van der Waals surface area contributed by atoms with Crippen LogP contribution in [0.15, 0.2) is 23.1 Å². The number of aliphatic hydroxyl groups is 1. The molecule has 0 saturated carbocycles. The number of sulfonamides is 1. The molecule has 1 aromatic carbocycles. The Morgan fingerprint density at radius 2 is 2.10 bits per heavy atom. The quantitative estimate of drug-likeness (QED) is 0.585. The summed E-state index contributed by atoms with van der Waals surface area (Å²) in [6.07, 6.45) is 1.06. The van der Waals surface area contributed by atoms with Crippen LogP contribution in [0.2, 0.25) is 0 Å². The van der Waals surface area contributed by atoms with E-state index in [1.165, 1.54) is 6.92 Å². The SMILES string of the molecule is CCCC(C)(O)CNS(=O)(=O)c1ccc([N+](=O)[O-])c(F)c1. The van der Waals surface area contributed by atoms with Crippen molar-refractivity contribution in [3.8, 4) is 0 Å². The number of benzene rings is 1. The van der Waals surface area contributed by atoms with Crippen molar-refractivity contribution in [2.75, 3.05) is 6.54 Å². The van der Waals surface area contributed by atoms with Gasteiger partial charge in [0.25, 0.3) is 0 Å². The Morgan fingerprint density at radius 1 is 1.48 bits per heavy atom. The smallest absolute Gasteiger partial charge is 0.304 e. The van der Waals surface area contributed by atoms with Crippen LogP contribution in [0.4, 0.5) is 10.1 Å². The monoisotopic (exact) mass is 320 g/mol. The molecule has 9 heteroatoms. The summed E-state index contributed by atoms with van der Waals surface area (Å²) < 4.78 is 39.5. The summed E-state index contributed by atoms with van der Waals surface area (Å²) in [4.78, 5) is 9.11. The van der Waals surface area contributed by atoms with Gasteiger partial charge in [0.2, 0.25) is 15.8 Å². The molecule has 0 spiro atoms. The van der Waals surface area contributed by atoms with Crippen LogP contribution in [0.1, 0.15) is 26.7 Å². The molecule has 1 atom stereocenters. The van der Waals surface area contributed by atoms with Gasteiger partial charge in [0, 0.05) is 18.7 Å². The van der Waals surface area contributed by atoms with Gasteiger partial charge in [-0.25, -0.2) is 13.1 Å². The lowest BCUT2D eigenvalue weighted by Crippen LogP contribution is -2.40. The van der Waals surface area contributed by atoms with Gasteiger partial charge >= 0.3 is 5.69 Å². The van der Waals surface area contributed by atoms with Crippen LogP contribution in [0, 0.1) is 15.9 Å². The number of nitro groups is 1. The van der Waals surface area contributed by atoms with Crippen molar-refractivity contribution >= 4 is 15.7 Å². The number of nitrogens with one attached hydrogen (secondary N) is 1. The lowest BCUT2D eigenvalue weighted by atomic mass is 10.0. The maximum absolute atomic E-state index is 13.4. The first-order valence-corrected chi connectivity index (χ1v) is 7.73. The fourth-order valence-electron chi connectivity index (χ4n) is 1.76. The molecule has 0 heterocycles. The molecule has 118 valence electrons. The van der Waals surface area contributed by atoms with Crippen molar-refractivity contribution in [1.29, 1.82) is 0 Å². The van der Waals surface area contributed by atoms with Gasteiger partial charge in [-0.3, -0.25) is 10.1 Å². The Labute approximate surface area is 122 Å². The molecule has 0 bridgehead atoms. The average molecular weight is 320 g/mol. The minimum Gasteiger partial charge on any atom is -0.389 e. The molecule has 0 amide bonds. The van der Waals surface area contributed by atoms with Crippen LogP contribution in [-0.2, 0) is 10.0 Å². The van der Waals surface area contributed by atoms with Gasteiger partial charge in [-0.2, -0.15) is 4.39 Å². The van der Waals surface area contributed by atoms with Crippen molar-refractivity contribution in [3.05, 3.63) is 34.1 Å². The van der Waals surface area contributed by atoms with Crippen LogP contribution in [-0.4, -0.2) is 30.6 Å². The highest BCUT2D eigenvalue weighted by Crippen LogP contribution is 2.21. The van der Waals surface area contributed by atoms with Crippen molar-refractivity contribution in [3.63, 3.8) is 0 Å². The van der Waals surface area contributed by atoms with E-state index in [4.69, 9.17) is 0 Å². The van der Waals surface area contributed by atoms with Gasteiger partial charge in [-0.05, 0) is 19.4 Å². The second-order valence-corrected chi connectivity index (χ2v) is 6.71. The topological polar surface area (TPSA) is 110 Å².